The van der Waals surface area contributed by atoms with Gasteiger partial charge in [0.25, 0.3) is 0 Å². The first-order valence-corrected chi connectivity index (χ1v) is 5.78. The zero-order valence-corrected chi connectivity index (χ0v) is 11.1. The van der Waals surface area contributed by atoms with Gasteiger partial charge in [0.2, 0.25) is 5.91 Å². The predicted molar refractivity (Wildman–Crippen MR) is 65.3 cm³/mol. The van der Waals surface area contributed by atoms with E-state index >= 15 is 0 Å². The molecule has 1 aliphatic rings. The average molecular weight is 239 g/mol. The maximum Gasteiger partial charge on any atom is 0.328 e. The topological polar surface area (TPSA) is 46.6 Å². The minimum Gasteiger partial charge on any atom is -0.467 e. The Morgan fingerprint density at radius 1 is 1.47 bits per heavy atom. The van der Waals surface area contributed by atoms with Crippen LogP contribution in [0.15, 0.2) is 12.2 Å². The van der Waals surface area contributed by atoms with Crippen molar-refractivity contribution in [1.29, 1.82) is 0 Å². The zero-order valence-electron chi connectivity index (χ0n) is 11.1. The number of carbonyl (C=O) groups excluding carboxylic acids is 2. The number of hydrogen-bond acceptors (Lipinski definition) is 3. The number of hydrogen-bond donors (Lipinski definition) is 0. The molecule has 0 aromatic carbocycles. The van der Waals surface area contributed by atoms with Crippen molar-refractivity contribution in [3.63, 3.8) is 0 Å². The number of rotatable bonds is 2. The lowest BCUT2D eigenvalue weighted by atomic mass is 9.91. The van der Waals surface area contributed by atoms with Gasteiger partial charge in [-0.1, -0.05) is 32.9 Å². The average Bonchev–Trinajstić information content (AvgIpc) is 2.56. The van der Waals surface area contributed by atoms with Crippen LogP contribution in [0.1, 0.15) is 33.6 Å². The van der Waals surface area contributed by atoms with E-state index in [0.29, 0.717) is 19.4 Å². The Bertz CT molecular complexity index is 341. The lowest BCUT2D eigenvalue weighted by Gasteiger charge is -2.26. The molecule has 1 saturated heterocycles. The fourth-order valence-corrected chi connectivity index (χ4v) is 1.96. The molecule has 96 valence electrons. The highest BCUT2D eigenvalue weighted by molar-refractivity contribution is 5.86. The molecule has 0 saturated carbocycles. The number of esters is 1. The molecule has 1 fully saturated rings. The molecule has 0 N–H and O–H groups in total. The smallest absolute Gasteiger partial charge is 0.328 e. The van der Waals surface area contributed by atoms with Crippen molar-refractivity contribution in [1.82, 2.24) is 4.90 Å². The molecule has 0 aromatic heterocycles. The fraction of sp³-hybridized carbons (Fsp3) is 0.692. The first-order valence-electron chi connectivity index (χ1n) is 5.78. The standard InChI is InChI=1S/C13H21NO3/c1-9-6-10(12(16)17-5)14(8-9)11(15)7-13(2,3)4/h10H,1,6-8H2,2-5H3/t10-/m0/s1. The summed E-state index contributed by atoms with van der Waals surface area (Å²) >= 11 is 0. The summed E-state index contributed by atoms with van der Waals surface area (Å²) in [5.74, 6) is -0.363. The summed E-state index contributed by atoms with van der Waals surface area (Å²) in [6, 6.07) is -0.484. The van der Waals surface area contributed by atoms with Gasteiger partial charge in [-0.15, -0.1) is 0 Å². The van der Waals surface area contributed by atoms with Crippen LogP contribution < -0.4 is 0 Å². The Kier molecular flexibility index (Phi) is 3.96. The third kappa shape index (κ3) is 3.58. The van der Waals surface area contributed by atoms with Gasteiger partial charge in [-0.05, 0) is 5.41 Å². The highest BCUT2D eigenvalue weighted by Gasteiger charge is 2.37. The summed E-state index contributed by atoms with van der Waals surface area (Å²) in [6.07, 6.45) is 0.941. The second kappa shape index (κ2) is 4.90. The van der Waals surface area contributed by atoms with E-state index in [1.165, 1.54) is 7.11 Å². The summed E-state index contributed by atoms with van der Waals surface area (Å²) in [7, 11) is 1.34. The van der Waals surface area contributed by atoms with Crippen molar-refractivity contribution in [2.75, 3.05) is 13.7 Å². The van der Waals surface area contributed by atoms with Gasteiger partial charge in [-0.2, -0.15) is 0 Å². The van der Waals surface area contributed by atoms with E-state index in [2.05, 4.69) is 6.58 Å². The molecule has 1 atom stereocenters. The quantitative estimate of drug-likeness (QED) is 0.545. The van der Waals surface area contributed by atoms with Crippen molar-refractivity contribution in [3.05, 3.63) is 12.2 Å². The number of nitrogens with zero attached hydrogens (tertiary/aromatic N) is 1. The first-order chi connectivity index (χ1) is 7.74. The number of carbonyl (C=O) groups is 2. The summed E-state index contributed by atoms with van der Waals surface area (Å²) in [5.41, 5.74) is 0.824. The molecule has 0 aliphatic carbocycles. The van der Waals surface area contributed by atoms with Crippen molar-refractivity contribution < 1.29 is 14.3 Å². The Morgan fingerprint density at radius 3 is 2.53 bits per heavy atom. The maximum atomic E-state index is 12.1. The fourth-order valence-electron chi connectivity index (χ4n) is 1.96. The molecule has 1 aliphatic heterocycles. The Hall–Kier alpha value is -1.32. The van der Waals surface area contributed by atoms with Crippen molar-refractivity contribution >= 4 is 11.9 Å². The third-order valence-corrected chi connectivity index (χ3v) is 2.73. The van der Waals surface area contributed by atoms with E-state index in [9.17, 15) is 9.59 Å². The number of methoxy groups -OCH3 is 1. The molecular weight excluding hydrogens is 218 g/mol. The number of amides is 1. The van der Waals surface area contributed by atoms with E-state index in [1.807, 2.05) is 20.8 Å². The normalized spacial score (nSPS) is 20.6. The van der Waals surface area contributed by atoms with Crippen LogP contribution in [0, 0.1) is 5.41 Å². The van der Waals surface area contributed by atoms with Crippen molar-refractivity contribution in [3.8, 4) is 0 Å². The molecular formula is C13H21NO3. The SMILES string of the molecule is C=C1C[C@@H](C(=O)OC)N(C(=O)CC(C)(C)C)C1. The van der Waals surface area contributed by atoms with Crippen molar-refractivity contribution in [2.45, 2.75) is 39.7 Å². The highest BCUT2D eigenvalue weighted by Crippen LogP contribution is 2.27. The van der Waals surface area contributed by atoms with E-state index in [-0.39, 0.29) is 17.3 Å². The molecule has 1 heterocycles. The van der Waals surface area contributed by atoms with Gasteiger partial charge >= 0.3 is 5.97 Å². The minimum absolute atomic E-state index is 0.00782. The van der Waals surface area contributed by atoms with Gasteiger partial charge in [0.15, 0.2) is 0 Å². The van der Waals surface area contributed by atoms with Gasteiger partial charge in [0.05, 0.1) is 7.11 Å². The Labute approximate surface area is 103 Å². The number of likely N-dealkylation sites (tertiary alicyclic amines) is 1. The molecule has 4 nitrogen and oxygen atoms in total. The van der Waals surface area contributed by atoms with Crippen LogP contribution >= 0.6 is 0 Å². The van der Waals surface area contributed by atoms with Gasteiger partial charge < -0.3 is 9.64 Å². The van der Waals surface area contributed by atoms with Crippen LogP contribution in [0.5, 0.6) is 0 Å². The van der Waals surface area contributed by atoms with Crippen LogP contribution in [0.3, 0.4) is 0 Å². The summed E-state index contributed by atoms with van der Waals surface area (Å²) in [4.78, 5) is 25.3. The molecule has 17 heavy (non-hydrogen) atoms. The maximum absolute atomic E-state index is 12.1. The molecule has 1 rings (SSSR count). The van der Waals surface area contributed by atoms with Crippen molar-refractivity contribution in [2.24, 2.45) is 5.41 Å². The van der Waals surface area contributed by atoms with Gasteiger partial charge in [0, 0.05) is 19.4 Å². The summed E-state index contributed by atoms with van der Waals surface area (Å²) in [6.45, 7) is 10.3. The minimum atomic E-state index is -0.484. The lowest BCUT2D eigenvalue weighted by Crippen LogP contribution is -2.42. The largest absolute Gasteiger partial charge is 0.467 e. The second-order valence-corrected chi connectivity index (χ2v) is 5.75. The van der Waals surface area contributed by atoms with Crippen LogP contribution in [-0.4, -0.2) is 36.5 Å². The van der Waals surface area contributed by atoms with Gasteiger partial charge in [0.1, 0.15) is 6.04 Å². The lowest BCUT2D eigenvalue weighted by molar-refractivity contribution is -0.151. The van der Waals surface area contributed by atoms with E-state index < -0.39 is 6.04 Å². The molecule has 0 radical (unpaired) electrons. The molecule has 0 unspecified atom stereocenters. The van der Waals surface area contributed by atoms with Gasteiger partial charge in [-0.25, -0.2) is 4.79 Å². The molecule has 0 aromatic rings. The summed E-state index contributed by atoms with van der Waals surface area (Å²) < 4.78 is 4.72. The second-order valence-electron chi connectivity index (χ2n) is 5.75. The van der Waals surface area contributed by atoms with E-state index in [1.54, 1.807) is 4.90 Å². The number of ether oxygens (including phenoxy) is 1. The van der Waals surface area contributed by atoms with E-state index in [0.717, 1.165) is 5.57 Å². The Morgan fingerprint density at radius 2 is 2.06 bits per heavy atom. The Balaban J connectivity index is 2.77. The van der Waals surface area contributed by atoms with Gasteiger partial charge in [-0.3, -0.25) is 4.79 Å². The van der Waals surface area contributed by atoms with Crippen LogP contribution in [0.4, 0.5) is 0 Å². The highest BCUT2D eigenvalue weighted by atomic mass is 16.5. The van der Waals surface area contributed by atoms with Crippen LogP contribution in [-0.2, 0) is 14.3 Å². The molecule has 0 bridgehead atoms. The molecule has 0 spiro atoms. The first kappa shape index (κ1) is 13.7. The zero-order chi connectivity index (χ0) is 13.2. The van der Waals surface area contributed by atoms with Crippen LogP contribution in [0.2, 0.25) is 0 Å². The monoisotopic (exact) mass is 239 g/mol. The third-order valence-electron chi connectivity index (χ3n) is 2.73. The molecule has 4 heteroatoms. The summed E-state index contributed by atoms with van der Waals surface area (Å²) in [5, 5.41) is 0. The predicted octanol–water partition coefficient (Wildman–Crippen LogP) is 1.75. The van der Waals surface area contributed by atoms with Crippen LogP contribution in [0.25, 0.3) is 0 Å². The molecule has 1 amide bonds. The van der Waals surface area contributed by atoms with E-state index in [4.69, 9.17) is 4.74 Å².